The molecule has 0 aliphatic carbocycles. The summed E-state index contributed by atoms with van der Waals surface area (Å²) in [6, 6.07) is 8.19. The summed E-state index contributed by atoms with van der Waals surface area (Å²) in [4.78, 5) is 2.06. The number of nitrogens with zero attached hydrogens (tertiary/aromatic N) is 1. The van der Waals surface area contributed by atoms with E-state index >= 15 is 0 Å². The van der Waals surface area contributed by atoms with Crippen LogP contribution in [-0.2, 0) is 19.8 Å². The molecule has 25 heavy (non-hydrogen) atoms. The van der Waals surface area contributed by atoms with E-state index in [4.69, 9.17) is 14.2 Å². The molecule has 3 saturated heterocycles. The van der Waals surface area contributed by atoms with Gasteiger partial charge in [-0.05, 0) is 31.5 Å². The third-order valence-electron chi connectivity index (χ3n) is 6.35. The normalized spacial score (nSPS) is 44.6. The van der Waals surface area contributed by atoms with Gasteiger partial charge in [0.05, 0.1) is 17.8 Å². The Morgan fingerprint density at radius 1 is 0.880 bits per heavy atom. The van der Waals surface area contributed by atoms with Crippen LogP contribution in [0.1, 0.15) is 33.3 Å². The van der Waals surface area contributed by atoms with Gasteiger partial charge < -0.3 is 24.2 Å². The first kappa shape index (κ1) is 17.3. The van der Waals surface area contributed by atoms with Crippen LogP contribution < -0.4 is 4.90 Å². The van der Waals surface area contributed by atoms with Crippen molar-refractivity contribution < 1.29 is 19.3 Å². The summed E-state index contributed by atoms with van der Waals surface area (Å²) < 4.78 is 18.5. The second-order valence-electron chi connectivity index (χ2n) is 8.47. The van der Waals surface area contributed by atoms with Crippen LogP contribution in [0.15, 0.2) is 24.3 Å². The molecule has 1 aromatic rings. The van der Waals surface area contributed by atoms with E-state index in [9.17, 15) is 5.11 Å². The standard InChI is InChI=1S/C20H29NO4/c1-11-15-17-18(25-19(3,4)24-17)16(23-15)12(2)20(11,22)13-7-9-14(10-8-13)21(5)6/h7-12,15-18,22H,1-6H3/t11-,12+,15-,16+,17-,18+,20?. The van der Waals surface area contributed by atoms with Gasteiger partial charge in [-0.3, -0.25) is 0 Å². The first-order chi connectivity index (χ1) is 11.6. The molecule has 1 aromatic carbocycles. The van der Waals surface area contributed by atoms with E-state index in [0.717, 1.165) is 11.3 Å². The number of aliphatic hydroxyl groups is 1. The molecule has 3 aliphatic heterocycles. The van der Waals surface area contributed by atoms with Crippen LogP contribution in [0.25, 0.3) is 0 Å². The highest BCUT2D eigenvalue weighted by Gasteiger charge is 2.66. The van der Waals surface area contributed by atoms with E-state index < -0.39 is 11.4 Å². The minimum absolute atomic E-state index is 0.0866. The van der Waals surface area contributed by atoms with Crippen molar-refractivity contribution >= 4 is 5.69 Å². The van der Waals surface area contributed by atoms with Crippen molar-refractivity contribution in [1.29, 1.82) is 0 Å². The second-order valence-corrected chi connectivity index (χ2v) is 8.47. The maximum atomic E-state index is 11.8. The number of ether oxygens (including phenoxy) is 3. The van der Waals surface area contributed by atoms with E-state index in [-0.39, 0.29) is 36.3 Å². The molecule has 5 heteroatoms. The van der Waals surface area contributed by atoms with Crippen molar-refractivity contribution in [3.8, 4) is 0 Å². The monoisotopic (exact) mass is 347 g/mol. The van der Waals surface area contributed by atoms with Gasteiger partial charge in [0.25, 0.3) is 0 Å². The highest BCUT2D eigenvalue weighted by Crippen LogP contribution is 2.55. The van der Waals surface area contributed by atoms with Gasteiger partial charge in [0, 0.05) is 31.6 Å². The van der Waals surface area contributed by atoms with Crippen LogP contribution in [0.5, 0.6) is 0 Å². The summed E-state index contributed by atoms with van der Waals surface area (Å²) in [7, 11) is 4.03. The lowest BCUT2D eigenvalue weighted by atomic mass is 9.69. The van der Waals surface area contributed by atoms with Gasteiger partial charge in [0.2, 0.25) is 0 Å². The summed E-state index contributed by atoms with van der Waals surface area (Å²) in [5, 5.41) is 11.8. The predicted molar refractivity (Wildman–Crippen MR) is 95.5 cm³/mol. The van der Waals surface area contributed by atoms with Crippen LogP contribution in [0.4, 0.5) is 5.69 Å². The summed E-state index contributed by atoms with van der Waals surface area (Å²) in [6.45, 7) is 8.02. The molecule has 0 aromatic heterocycles. The van der Waals surface area contributed by atoms with E-state index in [1.165, 1.54) is 0 Å². The van der Waals surface area contributed by atoms with Gasteiger partial charge in [-0.1, -0.05) is 26.0 Å². The summed E-state index contributed by atoms with van der Waals surface area (Å²) in [5.41, 5.74) is 1.10. The molecule has 3 aliphatic rings. The van der Waals surface area contributed by atoms with Gasteiger partial charge in [-0.25, -0.2) is 0 Å². The number of benzene rings is 1. The molecule has 0 spiro atoms. The molecule has 2 bridgehead atoms. The van der Waals surface area contributed by atoms with Crippen molar-refractivity contribution in [2.45, 2.75) is 63.5 Å². The summed E-state index contributed by atoms with van der Waals surface area (Å²) in [5.74, 6) is -0.759. The Hall–Kier alpha value is -1.14. The largest absolute Gasteiger partial charge is 0.384 e. The Balaban J connectivity index is 1.70. The van der Waals surface area contributed by atoms with E-state index in [2.05, 4.69) is 30.9 Å². The lowest BCUT2D eigenvalue weighted by molar-refractivity contribution is -0.252. The van der Waals surface area contributed by atoms with Gasteiger partial charge >= 0.3 is 0 Å². The van der Waals surface area contributed by atoms with Crippen molar-refractivity contribution in [3.05, 3.63) is 29.8 Å². The molecule has 4 rings (SSSR count). The fourth-order valence-corrected chi connectivity index (χ4v) is 4.93. The molecule has 138 valence electrons. The highest BCUT2D eigenvalue weighted by atomic mass is 16.8. The van der Waals surface area contributed by atoms with Gasteiger partial charge in [0.15, 0.2) is 5.79 Å². The molecule has 0 amide bonds. The Bertz CT molecular complexity index is 630. The van der Waals surface area contributed by atoms with Gasteiger partial charge in [0.1, 0.15) is 12.2 Å². The van der Waals surface area contributed by atoms with Crippen LogP contribution in [0.2, 0.25) is 0 Å². The average Bonchev–Trinajstić information content (AvgIpc) is 3.03. The fourth-order valence-electron chi connectivity index (χ4n) is 4.93. The topological polar surface area (TPSA) is 51.2 Å². The third kappa shape index (κ3) is 2.36. The molecule has 1 N–H and O–H groups in total. The average molecular weight is 347 g/mol. The smallest absolute Gasteiger partial charge is 0.164 e. The first-order valence-corrected chi connectivity index (χ1v) is 9.16. The number of hydrogen-bond acceptors (Lipinski definition) is 5. The van der Waals surface area contributed by atoms with E-state index in [0.29, 0.717) is 0 Å². The molecule has 3 heterocycles. The number of anilines is 1. The zero-order valence-corrected chi connectivity index (χ0v) is 15.9. The minimum Gasteiger partial charge on any atom is -0.384 e. The van der Waals surface area contributed by atoms with Gasteiger partial charge in [-0.15, -0.1) is 0 Å². The molecule has 0 saturated carbocycles. The third-order valence-corrected chi connectivity index (χ3v) is 6.35. The molecule has 3 fully saturated rings. The van der Waals surface area contributed by atoms with Crippen LogP contribution in [0, 0.1) is 11.8 Å². The number of rotatable bonds is 2. The van der Waals surface area contributed by atoms with Crippen LogP contribution in [-0.4, -0.2) is 49.4 Å². The van der Waals surface area contributed by atoms with Crippen LogP contribution in [0.3, 0.4) is 0 Å². The van der Waals surface area contributed by atoms with Crippen LogP contribution >= 0.6 is 0 Å². The number of fused-ring (bicyclic) bond motifs is 5. The van der Waals surface area contributed by atoms with Crippen molar-refractivity contribution in [2.75, 3.05) is 19.0 Å². The second kappa shape index (κ2) is 5.43. The Morgan fingerprint density at radius 2 is 1.36 bits per heavy atom. The van der Waals surface area contributed by atoms with E-state index in [1.807, 2.05) is 40.1 Å². The lowest BCUT2D eigenvalue weighted by Gasteiger charge is -2.48. The van der Waals surface area contributed by atoms with Crippen molar-refractivity contribution in [3.63, 3.8) is 0 Å². The molecule has 5 nitrogen and oxygen atoms in total. The maximum Gasteiger partial charge on any atom is 0.164 e. The molecule has 1 unspecified atom stereocenters. The lowest BCUT2D eigenvalue weighted by Crippen LogP contribution is -2.55. The summed E-state index contributed by atoms with van der Waals surface area (Å²) in [6.07, 6.45) is -0.557. The highest BCUT2D eigenvalue weighted by molar-refractivity contribution is 5.47. The molecule has 0 radical (unpaired) electrons. The fraction of sp³-hybridized carbons (Fsp3) is 0.700. The Morgan fingerprint density at radius 3 is 1.80 bits per heavy atom. The maximum absolute atomic E-state index is 11.8. The molecular weight excluding hydrogens is 318 g/mol. The van der Waals surface area contributed by atoms with Gasteiger partial charge in [-0.2, -0.15) is 0 Å². The number of hydrogen-bond donors (Lipinski definition) is 1. The Labute approximate surface area is 149 Å². The summed E-state index contributed by atoms with van der Waals surface area (Å²) >= 11 is 0. The molecular formula is C20H29NO4. The van der Waals surface area contributed by atoms with E-state index in [1.54, 1.807) is 0 Å². The Kier molecular flexibility index (Phi) is 3.75. The zero-order valence-electron chi connectivity index (χ0n) is 15.9. The SMILES string of the molecule is C[C@@H]1[C@H]2O[C@H]([C@@H]3OC(C)(C)O[C@@H]32)[C@H](C)C1(O)c1ccc(N(C)C)cc1. The first-order valence-electron chi connectivity index (χ1n) is 9.16. The quantitative estimate of drug-likeness (QED) is 0.891. The minimum atomic E-state index is -0.959. The predicted octanol–water partition coefficient (Wildman–Crippen LogP) is 2.51. The van der Waals surface area contributed by atoms with Crippen molar-refractivity contribution in [2.24, 2.45) is 11.8 Å². The zero-order chi connectivity index (χ0) is 18.1. The van der Waals surface area contributed by atoms with Crippen molar-refractivity contribution in [1.82, 2.24) is 0 Å². The molecule has 7 atom stereocenters.